The number of nitrogens with one attached hydrogen (secondary N) is 1. The number of morpholine rings is 1. The number of halogens is 1. The molecule has 4 rings (SSSR count). The summed E-state index contributed by atoms with van der Waals surface area (Å²) < 4.78 is 5.47. The molecule has 1 saturated heterocycles. The van der Waals surface area contributed by atoms with E-state index in [2.05, 4.69) is 33.4 Å². The summed E-state index contributed by atoms with van der Waals surface area (Å²) in [7, 11) is 0. The molecule has 1 aromatic carbocycles. The minimum Gasteiger partial charge on any atom is -0.379 e. The van der Waals surface area contributed by atoms with Crippen molar-refractivity contribution < 1.29 is 4.74 Å². The van der Waals surface area contributed by atoms with Gasteiger partial charge in [0.1, 0.15) is 0 Å². The van der Waals surface area contributed by atoms with Crippen LogP contribution in [0.2, 0.25) is 0 Å². The first-order valence-electron chi connectivity index (χ1n) is 9.27. The Morgan fingerprint density at radius 2 is 1.96 bits per heavy atom. The summed E-state index contributed by atoms with van der Waals surface area (Å²) in [6.45, 7) is 4.52. The molecule has 0 radical (unpaired) electrons. The standard InChI is InChI=1S/C19H28N4O.HI/c20-18(21-14-19(8-9-19)23-10-12-24-13-11-23)22-17-7-3-5-15-4-1-2-6-16(15)17;/h3,5,7H,1-2,4,6,8-14H2,(H3,20,21,22);1H. The number of rotatable bonds is 4. The van der Waals surface area contributed by atoms with Crippen molar-refractivity contribution in [1.82, 2.24) is 4.90 Å². The zero-order valence-corrected chi connectivity index (χ0v) is 17.1. The van der Waals surface area contributed by atoms with Gasteiger partial charge < -0.3 is 15.8 Å². The van der Waals surface area contributed by atoms with Crippen LogP contribution >= 0.6 is 24.0 Å². The third-order valence-corrected chi connectivity index (χ3v) is 5.71. The van der Waals surface area contributed by atoms with E-state index < -0.39 is 0 Å². The smallest absolute Gasteiger partial charge is 0.193 e. The summed E-state index contributed by atoms with van der Waals surface area (Å²) in [6, 6.07) is 6.49. The lowest BCUT2D eigenvalue weighted by atomic mass is 9.90. The SMILES string of the molecule is I.NC(=NCC1(N2CCOCC2)CC1)Nc1cccc2c1CCCC2. The van der Waals surface area contributed by atoms with Gasteiger partial charge in [-0.2, -0.15) is 0 Å². The van der Waals surface area contributed by atoms with E-state index in [1.54, 1.807) is 0 Å². The molecule has 2 fully saturated rings. The van der Waals surface area contributed by atoms with Crippen molar-refractivity contribution in [3.63, 3.8) is 0 Å². The molecule has 6 heteroatoms. The van der Waals surface area contributed by atoms with E-state index in [1.165, 1.54) is 43.2 Å². The minimum absolute atomic E-state index is 0. The van der Waals surface area contributed by atoms with Gasteiger partial charge in [-0.25, -0.2) is 0 Å². The normalized spacial score (nSPS) is 22.6. The van der Waals surface area contributed by atoms with Crippen molar-refractivity contribution in [3.05, 3.63) is 29.3 Å². The van der Waals surface area contributed by atoms with Crippen molar-refractivity contribution in [2.75, 3.05) is 38.2 Å². The van der Waals surface area contributed by atoms with Crippen LogP contribution in [0.25, 0.3) is 0 Å². The molecule has 0 aromatic heterocycles. The van der Waals surface area contributed by atoms with Gasteiger partial charge >= 0.3 is 0 Å². The number of nitrogens with zero attached hydrogens (tertiary/aromatic N) is 2. The first-order valence-corrected chi connectivity index (χ1v) is 9.27. The lowest BCUT2D eigenvalue weighted by molar-refractivity contribution is 0.0117. The topological polar surface area (TPSA) is 62.9 Å². The second-order valence-electron chi connectivity index (χ2n) is 7.30. The van der Waals surface area contributed by atoms with Gasteiger partial charge in [0.25, 0.3) is 0 Å². The zero-order valence-electron chi connectivity index (χ0n) is 14.8. The highest BCUT2D eigenvalue weighted by atomic mass is 127. The summed E-state index contributed by atoms with van der Waals surface area (Å²) in [6.07, 6.45) is 7.34. The molecule has 3 aliphatic rings. The molecule has 3 N–H and O–H groups in total. The molecule has 0 unspecified atom stereocenters. The van der Waals surface area contributed by atoms with Gasteiger partial charge in [-0.05, 0) is 55.7 Å². The van der Waals surface area contributed by atoms with E-state index in [0.717, 1.165) is 45.0 Å². The maximum Gasteiger partial charge on any atom is 0.193 e. The number of nitrogens with two attached hydrogens (primary N) is 1. The second-order valence-corrected chi connectivity index (χ2v) is 7.30. The van der Waals surface area contributed by atoms with Crippen molar-refractivity contribution in [3.8, 4) is 0 Å². The quantitative estimate of drug-likeness (QED) is 0.416. The highest BCUT2D eigenvalue weighted by Crippen LogP contribution is 2.42. The van der Waals surface area contributed by atoms with Crippen LogP contribution < -0.4 is 11.1 Å². The molecule has 2 aliphatic carbocycles. The predicted octanol–water partition coefficient (Wildman–Crippen LogP) is 2.77. The fraction of sp³-hybridized carbons (Fsp3) is 0.632. The number of aryl methyl sites for hydroxylation is 1. The van der Waals surface area contributed by atoms with Crippen LogP contribution in [0.1, 0.15) is 36.8 Å². The van der Waals surface area contributed by atoms with Crippen LogP contribution in [0.15, 0.2) is 23.2 Å². The summed E-state index contributed by atoms with van der Waals surface area (Å²) in [5.41, 5.74) is 10.5. The van der Waals surface area contributed by atoms with Gasteiger partial charge in [0.05, 0.1) is 19.8 Å². The van der Waals surface area contributed by atoms with E-state index in [0.29, 0.717) is 5.96 Å². The number of benzene rings is 1. The van der Waals surface area contributed by atoms with Crippen molar-refractivity contribution in [2.45, 2.75) is 44.1 Å². The number of hydrogen-bond acceptors (Lipinski definition) is 3. The zero-order chi connectivity index (χ0) is 16.4. The monoisotopic (exact) mass is 456 g/mol. The predicted molar refractivity (Wildman–Crippen MR) is 113 cm³/mol. The van der Waals surface area contributed by atoms with E-state index in [1.807, 2.05) is 0 Å². The van der Waals surface area contributed by atoms with Crippen LogP contribution in [-0.2, 0) is 17.6 Å². The molecule has 0 amide bonds. The maximum absolute atomic E-state index is 6.20. The molecule has 0 spiro atoms. The van der Waals surface area contributed by atoms with Gasteiger partial charge in [0.15, 0.2) is 5.96 Å². The van der Waals surface area contributed by atoms with E-state index >= 15 is 0 Å². The van der Waals surface area contributed by atoms with Crippen LogP contribution in [-0.4, -0.2) is 49.2 Å². The summed E-state index contributed by atoms with van der Waals surface area (Å²) >= 11 is 0. The number of aliphatic imine (C=N–C) groups is 1. The Hall–Kier alpha value is -0.860. The molecular formula is C19H29IN4O. The molecule has 138 valence electrons. The van der Waals surface area contributed by atoms with Crippen LogP contribution in [0.4, 0.5) is 5.69 Å². The number of hydrogen-bond donors (Lipinski definition) is 2. The van der Waals surface area contributed by atoms with E-state index in [-0.39, 0.29) is 29.5 Å². The van der Waals surface area contributed by atoms with Crippen LogP contribution in [0.5, 0.6) is 0 Å². The number of anilines is 1. The Bertz CT molecular complexity index is 624. The number of ether oxygens (including phenoxy) is 1. The average Bonchev–Trinajstić information content (AvgIpc) is 3.42. The maximum atomic E-state index is 6.20. The first kappa shape index (κ1) is 18.9. The van der Waals surface area contributed by atoms with Gasteiger partial charge in [0.2, 0.25) is 0 Å². The van der Waals surface area contributed by atoms with Gasteiger partial charge in [-0.3, -0.25) is 9.89 Å². The molecular weight excluding hydrogens is 427 g/mol. The highest BCUT2D eigenvalue weighted by molar-refractivity contribution is 14.0. The van der Waals surface area contributed by atoms with Gasteiger partial charge in [0, 0.05) is 24.3 Å². The Kier molecular flexibility index (Phi) is 6.22. The van der Waals surface area contributed by atoms with Gasteiger partial charge in [-0.1, -0.05) is 12.1 Å². The minimum atomic E-state index is 0. The fourth-order valence-corrected chi connectivity index (χ4v) is 4.06. The van der Waals surface area contributed by atoms with Gasteiger partial charge in [-0.15, -0.1) is 24.0 Å². The highest BCUT2D eigenvalue weighted by Gasteiger charge is 2.48. The first-order chi connectivity index (χ1) is 11.8. The molecule has 0 bridgehead atoms. The van der Waals surface area contributed by atoms with E-state index in [4.69, 9.17) is 10.5 Å². The third kappa shape index (κ3) is 4.28. The molecule has 1 aliphatic heterocycles. The summed E-state index contributed by atoms with van der Waals surface area (Å²) in [4.78, 5) is 7.22. The van der Waals surface area contributed by atoms with E-state index in [9.17, 15) is 0 Å². The van der Waals surface area contributed by atoms with Crippen molar-refractivity contribution >= 4 is 35.6 Å². The molecule has 5 nitrogen and oxygen atoms in total. The Labute approximate surface area is 167 Å². The average molecular weight is 456 g/mol. The Balaban J connectivity index is 0.00000182. The van der Waals surface area contributed by atoms with Crippen LogP contribution in [0, 0.1) is 0 Å². The molecule has 1 heterocycles. The molecule has 1 saturated carbocycles. The van der Waals surface area contributed by atoms with Crippen LogP contribution in [0.3, 0.4) is 0 Å². The Morgan fingerprint density at radius 3 is 2.72 bits per heavy atom. The third-order valence-electron chi connectivity index (χ3n) is 5.71. The lowest BCUT2D eigenvalue weighted by Gasteiger charge is -2.34. The fourth-order valence-electron chi connectivity index (χ4n) is 4.06. The summed E-state index contributed by atoms with van der Waals surface area (Å²) in [5.74, 6) is 0.550. The van der Waals surface area contributed by atoms with Crippen molar-refractivity contribution in [2.24, 2.45) is 10.7 Å². The Morgan fingerprint density at radius 1 is 1.20 bits per heavy atom. The number of guanidine groups is 1. The summed E-state index contributed by atoms with van der Waals surface area (Å²) in [5, 5.41) is 3.36. The number of fused-ring (bicyclic) bond motifs is 1. The van der Waals surface area contributed by atoms with Crippen molar-refractivity contribution in [1.29, 1.82) is 0 Å². The molecule has 1 aromatic rings. The largest absolute Gasteiger partial charge is 0.379 e. The molecule has 25 heavy (non-hydrogen) atoms. The lowest BCUT2D eigenvalue weighted by Crippen LogP contribution is -2.47. The second kappa shape index (κ2) is 8.22. The molecule has 0 atom stereocenters.